The number of amides is 4. The van der Waals surface area contributed by atoms with Crippen molar-refractivity contribution in [3.05, 3.63) is 70.8 Å². The number of hydrogen-bond acceptors (Lipinski definition) is 7. The van der Waals surface area contributed by atoms with Gasteiger partial charge in [0.05, 0.1) is 0 Å². The quantitative estimate of drug-likeness (QED) is 0.175. The van der Waals surface area contributed by atoms with Gasteiger partial charge in [-0.2, -0.15) is 0 Å². The first-order chi connectivity index (χ1) is 23.6. The van der Waals surface area contributed by atoms with Gasteiger partial charge in [0.2, 0.25) is 17.7 Å². The lowest BCUT2D eigenvalue weighted by atomic mass is 9.92. The van der Waals surface area contributed by atoms with E-state index in [0.29, 0.717) is 17.9 Å². The van der Waals surface area contributed by atoms with Crippen LogP contribution in [0.2, 0.25) is 0 Å². The molecule has 0 fully saturated rings. The Morgan fingerprint density at radius 2 is 1.39 bits per heavy atom. The van der Waals surface area contributed by atoms with Gasteiger partial charge in [-0.25, -0.2) is 9.59 Å². The second-order valence-electron chi connectivity index (χ2n) is 15.8. The van der Waals surface area contributed by atoms with Crippen LogP contribution in [0.25, 0.3) is 0 Å². The van der Waals surface area contributed by atoms with Gasteiger partial charge in [-0.15, -0.1) is 0 Å². The van der Waals surface area contributed by atoms with Crippen molar-refractivity contribution < 1.29 is 33.4 Å². The zero-order chi connectivity index (χ0) is 38.7. The van der Waals surface area contributed by atoms with Crippen molar-refractivity contribution in [3.63, 3.8) is 0 Å². The predicted molar refractivity (Wildman–Crippen MR) is 199 cm³/mol. The van der Waals surface area contributed by atoms with Crippen molar-refractivity contribution >= 4 is 29.8 Å². The highest BCUT2D eigenvalue weighted by Gasteiger charge is 2.41. The molecule has 2 rings (SSSR count). The van der Waals surface area contributed by atoms with Crippen molar-refractivity contribution in [3.8, 4) is 0 Å². The first-order valence-corrected chi connectivity index (χ1v) is 17.8. The van der Waals surface area contributed by atoms with Crippen LogP contribution in [-0.4, -0.2) is 64.0 Å². The van der Waals surface area contributed by atoms with Gasteiger partial charge in [-0.05, 0) is 104 Å². The first kappa shape index (κ1) is 42.8. The Hall–Kier alpha value is -4.41. The maximum atomic E-state index is 14.9. The average molecular weight is 709 g/mol. The lowest BCUT2D eigenvalue weighted by Gasteiger charge is -2.40. The molecule has 0 aliphatic heterocycles. The van der Waals surface area contributed by atoms with E-state index >= 15 is 0 Å². The molecule has 0 aromatic heterocycles. The molecule has 4 amide bonds. The number of nitrogens with zero attached hydrogens (tertiary/aromatic N) is 1. The second kappa shape index (κ2) is 18.7. The van der Waals surface area contributed by atoms with Crippen LogP contribution in [0.1, 0.15) is 116 Å². The number of alkyl carbamates (subject to hydrolysis) is 1. The molecule has 4 unspecified atom stereocenters. The molecule has 0 aliphatic carbocycles. The Bertz CT molecular complexity index is 1490. The Morgan fingerprint density at radius 3 is 1.94 bits per heavy atom. The van der Waals surface area contributed by atoms with Crippen LogP contribution in [0.5, 0.6) is 0 Å². The maximum absolute atomic E-state index is 14.9. The van der Waals surface area contributed by atoms with Gasteiger partial charge in [0.25, 0.3) is 0 Å². The fourth-order valence-electron chi connectivity index (χ4n) is 5.62. The van der Waals surface area contributed by atoms with Crippen LogP contribution in [0.15, 0.2) is 48.5 Å². The number of nitrogens with one attached hydrogen (secondary N) is 2. The summed E-state index contributed by atoms with van der Waals surface area (Å²) in [5.74, 6) is -2.15. The zero-order valence-electron chi connectivity index (χ0n) is 32.4. The summed E-state index contributed by atoms with van der Waals surface area (Å²) >= 11 is 0. The predicted octanol–water partition coefficient (Wildman–Crippen LogP) is 6.23. The van der Waals surface area contributed by atoms with E-state index in [1.54, 1.807) is 41.5 Å². The van der Waals surface area contributed by atoms with E-state index in [1.807, 2.05) is 69.3 Å². The number of esters is 1. The zero-order valence-corrected chi connectivity index (χ0v) is 32.4. The van der Waals surface area contributed by atoms with Gasteiger partial charge in [0.15, 0.2) is 0 Å². The Balaban J connectivity index is 2.78. The molecule has 2 aromatic rings. The summed E-state index contributed by atoms with van der Waals surface area (Å²) in [6.45, 7) is 20.1. The van der Waals surface area contributed by atoms with E-state index < -0.39 is 65.2 Å². The molecular weight excluding hydrogens is 648 g/mol. The number of primary amides is 1. The van der Waals surface area contributed by atoms with E-state index in [4.69, 9.17) is 15.2 Å². The summed E-state index contributed by atoms with van der Waals surface area (Å²) in [7, 11) is 0. The lowest BCUT2D eigenvalue weighted by molar-refractivity contribution is -0.159. The lowest BCUT2D eigenvalue weighted by Crippen LogP contribution is -2.57. The highest BCUT2D eigenvalue weighted by atomic mass is 16.6. The fourth-order valence-corrected chi connectivity index (χ4v) is 5.62. The van der Waals surface area contributed by atoms with Gasteiger partial charge >= 0.3 is 12.1 Å². The Morgan fingerprint density at radius 1 is 0.784 bits per heavy atom. The maximum Gasteiger partial charge on any atom is 0.408 e. The topological polar surface area (TPSA) is 157 Å². The monoisotopic (exact) mass is 708 g/mol. The van der Waals surface area contributed by atoms with Crippen LogP contribution < -0.4 is 16.4 Å². The highest BCUT2D eigenvalue weighted by Crippen LogP contribution is 2.31. The van der Waals surface area contributed by atoms with Crippen molar-refractivity contribution in [2.45, 2.75) is 144 Å². The van der Waals surface area contributed by atoms with E-state index in [2.05, 4.69) is 24.5 Å². The minimum absolute atomic E-state index is 0.115. The number of nitrogens with two attached hydrogens (primary N) is 1. The highest BCUT2D eigenvalue weighted by molar-refractivity contribution is 5.94. The molecule has 0 aliphatic rings. The van der Waals surface area contributed by atoms with Gasteiger partial charge in [-0.3, -0.25) is 14.4 Å². The van der Waals surface area contributed by atoms with Crippen molar-refractivity contribution in [1.29, 1.82) is 0 Å². The molecule has 0 spiro atoms. The number of carbonyl (C=O) groups excluding carboxylic acids is 5. The minimum Gasteiger partial charge on any atom is -0.458 e. The van der Waals surface area contributed by atoms with E-state index in [9.17, 15) is 24.0 Å². The van der Waals surface area contributed by atoms with Crippen molar-refractivity contribution in [2.24, 2.45) is 11.7 Å². The molecule has 11 heteroatoms. The molecular formula is C40H60N4O7. The van der Waals surface area contributed by atoms with Crippen LogP contribution >= 0.6 is 0 Å². The number of hydrogen-bond donors (Lipinski definition) is 3. The SMILES string of the molecule is Cc1ccc(C)c(C(C(=O)NC(Cc2ccccc2)C(=O)OC(C)(C)C)N(C(=O)C(CCC(N)=O)NC(=O)OC(C)(C)C)C(C)CCC(C)C)c1. The number of benzene rings is 2. The van der Waals surface area contributed by atoms with E-state index in [1.165, 1.54) is 4.90 Å². The number of ether oxygens (including phenoxy) is 2. The summed E-state index contributed by atoms with van der Waals surface area (Å²) in [6, 6.07) is 10.9. The molecule has 51 heavy (non-hydrogen) atoms. The summed E-state index contributed by atoms with van der Waals surface area (Å²) in [4.78, 5) is 69.9. The molecule has 282 valence electrons. The standard InChI is InChI=1S/C40H60N4O7/c1-25(2)17-20-28(5)44(36(47)31(21-22-33(41)45)43-38(49)51-40(9,10)11)34(30-23-26(3)18-19-27(30)4)35(46)42-32(37(48)50-39(6,7)8)24-29-15-13-12-14-16-29/h12-16,18-19,23,25,28,31-32,34H,17,20-22,24H2,1-11H3,(H2,41,45)(H,42,46)(H,43,49). The molecule has 0 heterocycles. The first-order valence-electron chi connectivity index (χ1n) is 17.8. The van der Waals surface area contributed by atoms with Crippen molar-refractivity contribution in [2.75, 3.05) is 0 Å². The molecule has 2 aromatic carbocycles. The third-order valence-corrected chi connectivity index (χ3v) is 8.11. The fraction of sp³-hybridized carbons (Fsp3) is 0.575. The largest absolute Gasteiger partial charge is 0.458 e. The van der Waals surface area contributed by atoms with Crippen LogP contribution in [0.4, 0.5) is 4.79 Å². The van der Waals surface area contributed by atoms with Gasteiger partial charge in [-0.1, -0.05) is 67.9 Å². The third-order valence-electron chi connectivity index (χ3n) is 8.11. The Kier molecular flexibility index (Phi) is 15.7. The summed E-state index contributed by atoms with van der Waals surface area (Å²) < 4.78 is 11.2. The molecule has 4 atom stereocenters. The van der Waals surface area contributed by atoms with E-state index in [-0.39, 0.29) is 19.3 Å². The van der Waals surface area contributed by atoms with Gasteiger partial charge < -0.3 is 30.7 Å². The van der Waals surface area contributed by atoms with Crippen molar-refractivity contribution in [1.82, 2.24) is 15.5 Å². The summed E-state index contributed by atoms with van der Waals surface area (Å²) in [5, 5.41) is 5.61. The number of carbonyl (C=O) groups is 5. The van der Waals surface area contributed by atoms with Crippen LogP contribution in [0.3, 0.4) is 0 Å². The normalized spacial score (nSPS) is 14.1. The molecule has 0 saturated carbocycles. The Labute approximate surface area is 304 Å². The molecule has 0 radical (unpaired) electrons. The molecule has 4 N–H and O–H groups in total. The number of rotatable bonds is 16. The van der Waals surface area contributed by atoms with E-state index in [0.717, 1.165) is 23.1 Å². The summed E-state index contributed by atoms with van der Waals surface area (Å²) in [6.07, 6.45) is 0.271. The van der Waals surface area contributed by atoms with Gasteiger partial charge in [0, 0.05) is 18.9 Å². The smallest absolute Gasteiger partial charge is 0.408 e. The minimum atomic E-state index is -1.25. The number of aryl methyl sites for hydroxylation is 2. The third kappa shape index (κ3) is 14.8. The van der Waals surface area contributed by atoms with Crippen LogP contribution in [-0.2, 0) is 35.1 Å². The van der Waals surface area contributed by atoms with Gasteiger partial charge in [0.1, 0.15) is 29.3 Å². The summed E-state index contributed by atoms with van der Waals surface area (Å²) in [5.41, 5.74) is 6.80. The molecule has 0 saturated heterocycles. The molecule has 0 bridgehead atoms. The average Bonchev–Trinajstić information content (AvgIpc) is 3.00. The molecule has 11 nitrogen and oxygen atoms in total. The van der Waals surface area contributed by atoms with Crippen LogP contribution in [0, 0.1) is 19.8 Å². The second-order valence-corrected chi connectivity index (χ2v) is 15.8.